The Morgan fingerprint density at radius 2 is 1.79 bits per heavy atom. The normalized spacial score (nSPS) is 25.0. The minimum atomic E-state index is -4.19. The number of allylic oxidation sites excluding steroid dienone is 1. The van der Waals surface area contributed by atoms with E-state index in [2.05, 4.69) is 15.4 Å². The predicted molar refractivity (Wildman–Crippen MR) is 215 cm³/mol. The van der Waals surface area contributed by atoms with Gasteiger partial charge in [0.05, 0.1) is 12.1 Å². The lowest BCUT2D eigenvalue weighted by atomic mass is 10.0. The van der Waals surface area contributed by atoms with Crippen molar-refractivity contribution in [1.82, 2.24) is 34.1 Å². The maximum atomic E-state index is 14.6. The number of ether oxygens (including phenoxy) is 2. The molecule has 314 valence electrons. The lowest BCUT2D eigenvalue weighted by Gasteiger charge is -2.30. The smallest absolute Gasteiger partial charge is 0.408 e. The topological polar surface area (TPSA) is 181 Å². The molecular weight excluding hydrogens is 770 g/mol. The van der Waals surface area contributed by atoms with Crippen LogP contribution in [0.25, 0.3) is 22.2 Å². The molecule has 1 aliphatic carbocycles. The minimum Gasteiger partial charge on any atom is -0.459 e. The highest BCUT2D eigenvalue weighted by atomic mass is 32.2. The number of hydrogen-bond acceptors (Lipinski definition) is 9. The standard InChI is InChI=1S/C41H54FN7O8S/c1-25(2)49-32-17-13-15-30(26-18-20-28(42)21-19-26)34(32)44-38(49)56-29-22-33-35(50)45-41(37(52)46-58(54,55)47(6)7)23-27(41)14-11-9-8-10-12-16-31(36(51)48(33)24-29)43-39(53)57-40(3,4)5/h11,13-15,17-21,25,27,29,31,33H,8-10,12,16,22-24H2,1-7H3,(H,43,53)(H,45,50)(H,46,52)/b14-11-/t27-,29-,31+,33+,41-/m1/s1. The molecule has 2 fully saturated rings. The fourth-order valence-corrected chi connectivity index (χ4v) is 8.20. The Kier molecular flexibility index (Phi) is 12.2. The summed E-state index contributed by atoms with van der Waals surface area (Å²) in [5.41, 5.74) is 0.496. The molecule has 1 saturated carbocycles. The number of carbonyl (C=O) groups is 4. The Hall–Kier alpha value is -5.03. The van der Waals surface area contributed by atoms with E-state index in [1.54, 1.807) is 32.9 Å². The molecule has 2 aliphatic heterocycles. The molecule has 3 aliphatic rings. The van der Waals surface area contributed by atoms with Crippen molar-refractivity contribution in [3.05, 3.63) is 60.4 Å². The Morgan fingerprint density at radius 3 is 2.47 bits per heavy atom. The van der Waals surface area contributed by atoms with Gasteiger partial charge in [-0.1, -0.05) is 49.3 Å². The van der Waals surface area contributed by atoms with Crippen molar-refractivity contribution in [2.24, 2.45) is 5.92 Å². The molecular formula is C41H54FN7O8S. The minimum absolute atomic E-state index is 0.00292. The number of nitrogens with one attached hydrogen (secondary N) is 3. The molecule has 17 heteroatoms. The van der Waals surface area contributed by atoms with Gasteiger partial charge >= 0.3 is 16.3 Å². The largest absolute Gasteiger partial charge is 0.459 e. The van der Waals surface area contributed by atoms with Crippen LogP contribution in [0.5, 0.6) is 6.01 Å². The number of halogens is 1. The summed E-state index contributed by atoms with van der Waals surface area (Å²) in [6, 6.07) is 9.71. The number of fused-ring (bicyclic) bond motifs is 3. The molecule has 0 unspecified atom stereocenters. The van der Waals surface area contributed by atoms with Crippen molar-refractivity contribution in [3.63, 3.8) is 0 Å². The summed E-state index contributed by atoms with van der Waals surface area (Å²) in [5.74, 6) is -2.93. The van der Waals surface area contributed by atoms with E-state index in [0.717, 1.165) is 33.8 Å². The number of alkyl carbamates (subject to hydrolysis) is 1. The van der Waals surface area contributed by atoms with Gasteiger partial charge in [-0.15, -0.1) is 0 Å². The van der Waals surface area contributed by atoms with Gasteiger partial charge in [-0.2, -0.15) is 17.7 Å². The molecule has 0 spiro atoms. The zero-order valence-electron chi connectivity index (χ0n) is 34.1. The molecule has 3 aromatic rings. The fourth-order valence-electron chi connectivity index (χ4n) is 7.60. The van der Waals surface area contributed by atoms with Crippen LogP contribution in [0.1, 0.15) is 85.6 Å². The van der Waals surface area contributed by atoms with E-state index in [0.29, 0.717) is 18.4 Å². The summed E-state index contributed by atoms with van der Waals surface area (Å²) in [6.07, 6.45) is 5.39. The summed E-state index contributed by atoms with van der Waals surface area (Å²) >= 11 is 0. The van der Waals surface area contributed by atoms with Gasteiger partial charge in [-0.05, 0) is 84.1 Å². The summed E-state index contributed by atoms with van der Waals surface area (Å²) in [6.45, 7) is 9.04. The van der Waals surface area contributed by atoms with Crippen LogP contribution in [0.15, 0.2) is 54.6 Å². The second-order valence-electron chi connectivity index (χ2n) is 16.8. The summed E-state index contributed by atoms with van der Waals surface area (Å²) in [4.78, 5) is 62.2. The van der Waals surface area contributed by atoms with Crippen molar-refractivity contribution in [2.45, 2.75) is 115 Å². The first-order valence-electron chi connectivity index (χ1n) is 19.8. The van der Waals surface area contributed by atoms with Gasteiger partial charge in [0.2, 0.25) is 11.8 Å². The van der Waals surface area contributed by atoms with E-state index >= 15 is 0 Å². The third-order valence-corrected chi connectivity index (χ3v) is 12.1. The van der Waals surface area contributed by atoms with Crippen LogP contribution in [-0.4, -0.2) is 101 Å². The van der Waals surface area contributed by atoms with Crippen molar-refractivity contribution in [2.75, 3.05) is 20.6 Å². The lowest BCUT2D eigenvalue weighted by Crippen LogP contribution is -2.58. The Labute approximate surface area is 338 Å². The highest BCUT2D eigenvalue weighted by Crippen LogP contribution is 2.46. The number of hydrogen-bond donors (Lipinski definition) is 3. The van der Waals surface area contributed by atoms with Gasteiger partial charge < -0.3 is 25.0 Å². The van der Waals surface area contributed by atoms with E-state index in [1.165, 1.54) is 31.1 Å². The van der Waals surface area contributed by atoms with Crippen molar-refractivity contribution in [3.8, 4) is 17.1 Å². The van der Waals surface area contributed by atoms with E-state index in [-0.39, 0.29) is 43.7 Å². The van der Waals surface area contributed by atoms with Crippen LogP contribution in [0.3, 0.4) is 0 Å². The van der Waals surface area contributed by atoms with Gasteiger partial charge in [0.25, 0.3) is 11.9 Å². The van der Waals surface area contributed by atoms with Crippen molar-refractivity contribution in [1.29, 1.82) is 0 Å². The number of rotatable bonds is 8. The maximum Gasteiger partial charge on any atom is 0.408 e. The lowest BCUT2D eigenvalue weighted by molar-refractivity contribution is -0.141. The van der Waals surface area contributed by atoms with Gasteiger partial charge in [-0.25, -0.2) is 13.9 Å². The third kappa shape index (κ3) is 9.30. The highest BCUT2D eigenvalue weighted by Gasteiger charge is 2.62. The molecule has 5 atom stereocenters. The Morgan fingerprint density at radius 1 is 1.07 bits per heavy atom. The van der Waals surface area contributed by atoms with Gasteiger partial charge in [0.1, 0.15) is 40.7 Å². The van der Waals surface area contributed by atoms with E-state index < -0.39 is 69.3 Å². The molecule has 3 N–H and O–H groups in total. The molecule has 58 heavy (non-hydrogen) atoms. The first-order chi connectivity index (χ1) is 27.3. The van der Waals surface area contributed by atoms with E-state index in [4.69, 9.17) is 14.5 Å². The van der Waals surface area contributed by atoms with Crippen LogP contribution >= 0.6 is 0 Å². The molecule has 3 heterocycles. The first kappa shape index (κ1) is 42.6. The number of benzene rings is 2. The predicted octanol–water partition coefficient (Wildman–Crippen LogP) is 4.98. The van der Waals surface area contributed by atoms with Crippen molar-refractivity contribution >= 4 is 45.1 Å². The highest BCUT2D eigenvalue weighted by molar-refractivity contribution is 7.87. The van der Waals surface area contributed by atoms with Crippen LogP contribution < -0.4 is 20.1 Å². The molecule has 4 amide bonds. The molecule has 0 radical (unpaired) electrons. The third-order valence-electron chi connectivity index (χ3n) is 10.7. The average Bonchev–Trinajstić information content (AvgIpc) is 3.46. The SMILES string of the molecule is CC(C)n1c(O[C@@H]2C[C@H]3C(=O)N[C@]4(C(=O)NS(=O)(=O)N(C)C)C[C@H]4/C=C\CCCCC[C@H](NC(=O)OC(C)(C)C)C(=O)N3C2)nc2c(-c3ccc(F)cc3)cccc21. The maximum absolute atomic E-state index is 14.6. The van der Waals surface area contributed by atoms with Crippen molar-refractivity contribution < 1.29 is 41.5 Å². The van der Waals surface area contributed by atoms with Gasteiger partial charge in [0.15, 0.2) is 0 Å². The monoisotopic (exact) mass is 823 g/mol. The molecule has 15 nitrogen and oxygen atoms in total. The Balaban J connectivity index is 1.36. The number of aromatic nitrogens is 2. The number of nitrogens with zero attached hydrogens (tertiary/aromatic N) is 4. The van der Waals surface area contributed by atoms with Crippen LogP contribution in [-0.2, 0) is 29.3 Å². The quantitative estimate of drug-likeness (QED) is 0.264. The summed E-state index contributed by atoms with van der Waals surface area (Å²) in [5, 5.41) is 5.59. The Bertz CT molecular complexity index is 2180. The number of para-hydroxylation sites is 1. The number of imidazole rings is 1. The number of amides is 4. The van der Waals surface area contributed by atoms with Crippen LogP contribution in [0.4, 0.5) is 9.18 Å². The first-order valence-corrected chi connectivity index (χ1v) is 21.2. The zero-order chi connectivity index (χ0) is 42.2. The van der Waals surface area contributed by atoms with E-state index in [1.807, 2.05) is 48.8 Å². The zero-order valence-corrected chi connectivity index (χ0v) is 34.9. The van der Waals surface area contributed by atoms with Crippen LogP contribution in [0.2, 0.25) is 0 Å². The second kappa shape index (κ2) is 16.7. The fraction of sp³-hybridized carbons (Fsp3) is 0.537. The molecule has 0 bridgehead atoms. The molecule has 1 saturated heterocycles. The summed E-state index contributed by atoms with van der Waals surface area (Å²) < 4.78 is 56.4. The molecule has 1 aromatic heterocycles. The number of carbonyl (C=O) groups excluding carboxylic acids is 4. The molecule has 6 rings (SSSR count). The summed E-state index contributed by atoms with van der Waals surface area (Å²) in [7, 11) is -1.62. The average molecular weight is 824 g/mol. The molecule has 2 aromatic carbocycles. The second-order valence-corrected chi connectivity index (χ2v) is 18.7. The van der Waals surface area contributed by atoms with Gasteiger partial charge in [-0.3, -0.25) is 19.0 Å². The van der Waals surface area contributed by atoms with E-state index in [9.17, 15) is 32.0 Å². The van der Waals surface area contributed by atoms with Crippen LogP contribution in [0, 0.1) is 11.7 Å². The van der Waals surface area contributed by atoms with Gasteiger partial charge in [0, 0.05) is 38.0 Å².